The number of likely N-dealkylation sites (N-methyl/N-ethyl adjacent to an activating group) is 1. The molecule has 10 nitrogen and oxygen atoms in total. The molecular weight excluding hydrogens is 466 g/mol. The predicted molar refractivity (Wildman–Crippen MR) is 132 cm³/mol. The van der Waals surface area contributed by atoms with Gasteiger partial charge in [0.25, 0.3) is 0 Å². The summed E-state index contributed by atoms with van der Waals surface area (Å²) >= 11 is 0. The van der Waals surface area contributed by atoms with Gasteiger partial charge in [0.15, 0.2) is 6.23 Å². The maximum atomic E-state index is 13.2. The van der Waals surface area contributed by atoms with Crippen LogP contribution in [0.2, 0.25) is 0 Å². The lowest BCUT2D eigenvalue weighted by molar-refractivity contribution is 0.194. The first-order valence-corrected chi connectivity index (χ1v) is 13.3. The molecule has 0 amide bonds. The van der Waals surface area contributed by atoms with Crippen molar-refractivity contribution in [2.24, 2.45) is 0 Å². The number of anilines is 3. The minimum atomic E-state index is -3.60. The third-order valence-electron chi connectivity index (χ3n) is 6.93. The van der Waals surface area contributed by atoms with Gasteiger partial charge in [-0.15, -0.1) is 0 Å². The van der Waals surface area contributed by atoms with Crippen LogP contribution in [0.4, 0.5) is 17.5 Å². The summed E-state index contributed by atoms with van der Waals surface area (Å²) < 4.78 is 27.8. The number of sulfonamides is 1. The van der Waals surface area contributed by atoms with E-state index in [9.17, 15) is 18.8 Å². The molecule has 11 heteroatoms. The van der Waals surface area contributed by atoms with E-state index in [1.165, 1.54) is 4.31 Å². The monoisotopic (exact) mass is 495 g/mol. The Hall–Kier alpha value is -3.04. The van der Waals surface area contributed by atoms with E-state index in [-0.39, 0.29) is 16.5 Å². The van der Waals surface area contributed by atoms with Gasteiger partial charge in [0, 0.05) is 49.7 Å². The fraction of sp³-hybridized carbons (Fsp3) is 0.458. The van der Waals surface area contributed by atoms with Gasteiger partial charge in [0.05, 0.1) is 16.5 Å². The fourth-order valence-electron chi connectivity index (χ4n) is 4.94. The number of piperazine rings is 1. The van der Waals surface area contributed by atoms with Gasteiger partial charge >= 0.3 is 0 Å². The van der Waals surface area contributed by atoms with Crippen molar-refractivity contribution in [1.29, 1.82) is 5.26 Å². The summed E-state index contributed by atoms with van der Waals surface area (Å²) in [5.41, 5.74) is 1.50. The number of benzene rings is 1. The van der Waals surface area contributed by atoms with Crippen LogP contribution in [0.5, 0.6) is 0 Å². The third-order valence-corrected chi connectivity index (χ3v) is 8.83. The molecular formula is C24H29N7O3S. The molecule has 0 radical (unpaired) electrons. The first-order valence-electron chi connectivity index (χ1n) is 11.9. The highest BCUT2D eigenvalue weighted by Crippen LogP contribution is 2.37. The zero-order valence-corrected chi connectivity index (χ0v) is 20.4. The highest BCUT2D eigenvalue weighted by atomic mass is 32.2. The number of fused-ring (bicyclic) bond motifs is 1. The second-order valence-electron chi connectivity index (χ2n) is 9.26. The zero-order chi connectivity index (χ0) is 24.6. The molecule has 1 aromatic carbocycles. The van der Waals surface area contributed by atoms with Gasteiger partial charge in [-0.25, -0.2) is 13.4 Å². The molecule has 5 rings (SSSR count). The van der Waals surface area contributed by atoms with Crippen LogP contribution in [0.3, 0.4) is 0 Å². The van der Waals surface area contributed by atoms with Gasteiger partial charge in [-0.1, -0.05) is 18.9 Å². The first kappa shape index (κ1) is 23.7. The Morgan fingerprint density at radius 2 is 1.91 bits per heavy atom. The number of hydrogen-bond donors (Lipinski definition) is 2. The van der Waals surface area contributed by atoms with Gasteiger partial charge in [-0.2, -0.15) is 14.6 Å². The van der Waals surface area contributed by atoms with E-state index < -0.39 is 16.3 Å². The summed E-state index contributed by atoms with van der Waals surface area (Å²) in [7, 11) is -1.62. The highest BCUT2D eigenvalue weighted by molar-refractivity contribution is 7.89. The molecule has 0 bridgehead atoms. The van der Waals surface area contributed by atoms with Crippen LogP contribution in [0.15, 0.2) is 40.9 Å². The summed E-state index contributed by atoms with van der Waals surface area (Å²) in [6.45, 7) is 2.32. The Morgan fingerprint density at radius 1 is 1.17 bits per heavy atom. The van der Waals surface area contributed by atoms with Crippen molar-refractivity contribution < 1.29 is 13.5 Å². The average molecular weight is 496 g/mol. The highest BCUT2D eigenvalue weighted by Gasteiger charge is 2.35. The summed E-state index contributed by atoms with van der Waals surface area (Å²) in [6.07, 6.45) is 6.19. The van der Waals surface area contributed by atoms with Gasteiger partial charge < -0.3 is 20.2 Å². The molecule has 1 unspecified atom stereocenters. The van der Waals surface area contributed by atoms with Crippen LogP contribution in [0, 0.1) is 11.3 Å². The van der Waals surface area contributed by atoms with Gasteiger partial charge in [-0.3, -0.25) is 0 Å². The third kappa shape index (κ3) is 4.62. The standard InChI is InChI=1S/C24H29N7O3S/c1-29-9-11-30(12-10-29)35(33,34)21-8-4-5-19(14-21)27-24-26-16-18-13-17(15-25)23(32)31(22(18)28-24)20-6-2-3-7-20/h4-5,8,13-14,16,20,23,32H,2-3,6-7,9-12H2,1H3,(H,26,27,28). The van der Waals surface area contributed by atoms with Gasteiger partial charge in [0.1, 0.15) is 5.82 Å². The maximum absolute atomic E-state index is 13.2. The number of nitrogens with one attached hydrogen (secondary N) is 1. The molecule has 1 aromatic heterocycles. The minimum absolute atomic E-state index is 0.0978. The lowest BCUT2D eigenvalue weighted by Gasteiger charge is -2.37. The molecule has 3 aliphatic rings. The molecule has 2 N–H and O–H groups in total. The van der Waals surface area contributed by atoms with E-state index in [0.717, 1.165) is 25.7 Å². The van der Waals surface area contributed by atoms with Crippen LogP contribution in [-0.4, -0.2) is 78.2 Å². The first-order chi connectivity index (χ1) is 16.9. The lowest BCUT2D eigenvalue weighted by Crippen LogP contribution is -2.47. The number of nitrogens with zero attached hydrogens (tertiary/aromatic N) is 6. The summed E-state index contributed by atoms with van der Waals surface area (Å²) in [5.74, 6) is 0.865. The quantitative estimate of drug-likeness (QED) is 0.642. The van der Waals surface area contributed by atoms with Crippen molar-refractivity contribution in [3.63, 3.8) is 0 Å². The number of aliphatic hydroxyl groups excluding tert-OH is 1. The Kier molecular flexibility index (Phi) is 6.46. The van der Waals surface area contributed by atoms with Crippen LogP contribution in [-0.2, 0) is 10.0 Å². The van der Waals surface area contributed by atoms with Crippen LogP contribution >= 0.6 is 0 Å². The van der Waals surface area contributed by atoms with E-state index in [0.29, 0.717) is 49.2 Å². The largest absolute Gasteiger partial charge is 0.369 e. The number of aromatic nitrogens is 2. The molecule has 2 fully saturated rings. The predicted octanol–water partition coefficient (Wildman–Crippen LogP) is 2.14. The Bertz CT molecular complexity index is 1280. The van der Waals surface area contributed by atoms with E-state index in [4.69, 9.17) is 0 Å². The SMILES string of the molecule is CN1CCN(S(=O)(=O)c2cccc(Nc3ncc4c(n3)N(C3CCCC3)C(O)C(C#N)=C4)c2)CC1. The zero-order valence-electron chi connectivity index (χ0n) is 19.6. The van der Waals surface area contributed by atoms with Crippen LogP contribution in [0.25, 0.3) is 6.08 Å². The maximum Gasteiger partial charge on any atom is 0.243 e. The Labute approximate surface area is 205 Å². The number of rotatable bonds is 5. The molecule has 1 saturated carbocycles. The smallest absolute Gasteiger partial charge is 0.243 e. The molecule has 1 aliphatic carbocycles. The van der Waals surface area contributed by atoms with E-state index in [2.05, 4.69) is 26.3 Å². The second kappa shape index (κ2) is 9.54. The number of aliphatic hydroxyl groups is 1. The van der Waals surface area contributed by atoms with Crippen molar-refractivity contribution in [2.45, 2.75) is 42.8 Å². The molecule has 2 aromatic rings. The van der Waals surface area contributed by atoms with E-state index >= 15 is 0 Å². The van der Waals surface area contributed by atoms with Crippen molar-refractivity contribution in [3.05, 3.63) is 41.6 Å². The number of nitriles is 1. The Morgan fingerprint density at radius 3 is 2.63 bits per heavy atom. The molecule has 1 atom stereocenters. The molecule has 3 heterocycles. The number of hydrogen-bond acceptors (Lipinski definition) is 9. The average Bonchev–Trinajstić information content (AvgIpc) is 3.38. The fourth-order valence-corrected chi connectivity index (χ4v) is 6.41. The van der Waals surface area contributed by atoms with Gasteiger partial charge in [-0.05, 0) is 44.2 Å². The minimum Gasteiger partial charge on any atom is -0.369 e. The summed E-state index contributed by atoms with van der Waals surface area (Å²) in [5, 5.41) is 23.5. The molecule has 2 aliphatic heterocycles. The van der Waals surface area contributed by atoms with Gasteiger partial charge in [0.2, 0.25) is 16.0 Å². The van der Waals surface area contributed by atoms with Crippen molar-refractivity contribution >= 4 is 33.6 Å². The van der Waals surface area contributed by atoms with Crippen LogP contribution < -0.4 is 10.2 Å². The van der Waals surface area contributed by atoms with Crippen molar-refractivity contribution in [3.8, 4) is 6.07 Å². The summed E-state index contributed by atoms with van der Waals surface area (Å²) in [4.78, 5) is 13.2. The topological polar surface area (TPSA) is 126 Å². The van der Waals surface area contributed by atoms with Crippen molar-refractivity contribution in [1.82, 2.24) is 19.2 Å². The lowest BCUT2D eigenvalue weighted by atomic mass is 10.0. The normalized spacial score (nSPS) is 21.9. The van der Waals surface area contributed by atoms with E-state index in [1.807, 2.05) is 11.9 Å². The Balaban J connectivity index is 1.42. The summed E-state index contributed by atoms with van der Waals surface area (Å²) in [6, 6.07) is 8.83. The molecule has 1 saturated heterocycles. The molecule has 35 heavy (non-hydrogen) atoms. The molecule has 184 valence electrons. The van der Waals surface area contributed by atoms with Crippen molar-refractivity contribution in [2.75, 3.05) is 43.4 Å². The van der Waals surface area contributed by atoms with E-state index in [1.54, 1.807) is 36.5 Å². The second-order valence-corrected chi connectivity index (χ2v) is 11.2. The van der Waals surface area contributed by atoms with Crippen LogP contribution in [0.1, 0.15) is 31.2 Å². The molecule has 0 spiro atoms.